The Bertz CT molecular complexity index is 1240. The number of aromatic nitrogens is 1. The van der Waals surface area contributed by atoms with Gasteiger partial charge in [-0.1, -0.05) is 12.1 Å². The Labute approximate surface area is 239 Å². The second kappa shape index (κ2) is 12.3. The molecule has 1 saturated carbocycles. The number of carbonyl (C=O) groups is 2. The van der Waals surface area contributed by atoms with Gasteiger partial charge in [0.25, 0.3) is 17.4 Å². The zero-order valence-corrected chi connectivity index (χ0v) is 24.1. The number of halogens is 3. The monoisotopic (exact) mass is 576 g/mol. The largest absolute Gasteiger partial charge is 0.497 e. The van der Waals surface area contributed by atoms with Crippen molar-refractivity contribution in [3.05, 3.63) is 53.2 Å². The Balaban J connectivity index is 1.32. The predicted molar refractivity (Wildman–Crippen MR) is 149 cm³/mol. The van der Waals surface area contributed by atoms with Crippen LogP contribution < -0.4 is 9.64 Å². The Morgan fingerprint density at radius 3 is 2.34 bits per heavy atom. The van der Waals surface area contributed by atoms with Gasteiger partial charge in [0.1, 0.15) is 11.6 Å². The molecule has 11 heteroatoms. The normalized spacial score (nSPS) is 17.6. The van der Waals surface area contributed by atoms with Crippen molar-refractivity contribution in [3.63, 3.8) is 0 Å². The van der Waals surface area contributed by atoms with E-state index in [4.69, 9.17) is 9.72 Å². The molecule has 1 atom stereocenters. The number of alkyl halides is 3. The summed E-state index contributed by atoms with van der Waals surface area (Å²) in [6.45, 7) is 1.68. The average Bonchev–Trinajstić information content (AvgIpc) is 3.81. The van der Waals surface area contributed by atoms with Crippen molar-refractivity contribution in [3.8, 4) is 5.75 Å². The summed E-state index contributed by atoms with van der Waals surface area (Å²) in [5.41, 5.74) is -2.70. The number of pyridine rings is 1. The van der Waals surface area contributed by atoms with E-state index in [2.05, 4.69) is 4.90 Å². The van der Waals surface area contributed by atoms with Gasteiger partial charge in [-0.15, -0.1) is 0 Å². The second-order valence-corrected chi connectivity index (χ2v) is 11.3. The summed E-state index contributed by atoms with van der Waals surface area (Å²) in [5.74, 6) is 0.239. The average molecular weight is 577 g/mol. The van der Waals surface area contributed by atoms with Gasteiger partial charge in [0.05, 0.1) is 18.4 Å². The molecule has 1 aromatic carbocycles. The lowest BCUT2D eigenvalue weighted by molar-refractivity contribution is -0.261. The van der Waals surface area contributed by atoms with Gasteiger partial charge in [0.2, 0.25) is 0 Å². The molecule has 2 amide bonds. The standard InChI is InChI=1S/C30H39F3N4O4/c1-35(2)27(38)24-12-13-25(34-26(24)21-10-11-21)37-17-14-20(15-18-37)7-6-16-36(3)28(39)29(40,30(31,32)33)22-8-5-9-23(19-22)41-4/h5,8-9,12-13,19-21,40H,6-7,10-11,14-18H2,1-4H3. The number of carbonyl (C=O) groups excluding carboxylic acids is 2. The Kier molecular flexibility index (Phi) is 9.16. The fourth-order valence-corrected chi connectivity index (χ4v) is 5.43. The molecule has 0 radical (unpaired) electrons. The van der Waals surface area contributed by atoms with E-state index in [1.807, 2.05) is 12.1 Å². The van der Waals surface area contributed by atoms with E-state index in [1.54, 1.807) is 19.0 Å². The molecule has 2 aliphatic rings. The molecule has 224 valence electrons. The Morgan fingerprint density at radius 2 is 1.76 bits per heavy atom. The number of piperidine rings is 1. The number of amides is 2. The maximum atomic E-state index is 14.0. The van der Waals surface area contributed by atoms with Crippen molar-refractivity contribution in [2.24, 2.45) is 5.92 Å². The lowest BCUT2D eigenvalue weighted by Gasteiger charge is -2.35. The van der Waals surface area contributed by atoms with Crippen molar-refractivity contribution < 1.29 is 32.6 Å². The number of benzene rings is 1. The molecule has 1 aromatic heterocycles. The molecule has 1 N–H and O–H groups in total. The summed E-state index contributed by atoms with van der Waals surface area (Å²) in [6.07, 6.45) is -0.0505. The maximum Gasteiger partial charge on any atom is 0.430 e. The van der Waals surface area contributed by atoms with Crippen LogP contribution in [0.2, 0.25) is 0 Å². The number of aliphatic hydroxyl groups is 1. The van der Waals surface area contributed by atoms with E-state index < -0.39 is 23.2 Å². The van der Waals surface area contributed by atoms with Crippen LogP contribution in [0, 0.1) is 5.92 Å². The van der Waals surface area contributed by atoms with E-state index in [1.165, 1.54) is 26.3 Å². The summed E-state index contributed by atoms with van der Waals surface area (Å²) in [6, 6.07) is 8.65. The van der Waals surface area contributed by atoms with Gasteiger partial charge in [0.15, 0.2) is 0 Å². The van der Waals surface area contributed by atoms with Crippen LogP contribution in [0.1, 0.15) is 66.1 Å². The van der Waals surface area contributed by atoms with E-state index in [-0.39, 0.29) is 18.2 Å². The van der Waals surface area contributed by atoms with Crippen LogP contribution in [0.5, 0.6) is 5.75 Å². The van der Waals surface area contributed by atoms with Gasteiger partial charge in [-0.25, -0.2) is 4.98 Å². The van der Waals surface area contributed by atoms with Gasteiger partial charge < -0.3 is 24.5 Å². The van der Waals surface area contributed by atoms with Gasteiger partial charge in [-0.3, -0.25) is 9.59 Å². The molecular formula is C30H39F3N4O4. The highest BCUT2D eigenvalue weighted by molar-refractivity contribution is 5.95. The minimum absolute atomic E-state index is 0.0368. The van der Waals surface area contributed by atoms with Gasteiger partial charge in [0, 0.05) is 52.3 Å². The van der Waals surface area contributed by atoms with Crippen LogP contribution in [-0.2, 0) is 10.4 Å². The minimum atomic E-state index is -5.21. The van der Waals surface area contributed by atoms with Gasteiger partial charge in [-0.05, 0) is 68.7 Å². The molecule has 1 aliphatic carbocycles. The fourth-order valence-electron chi connectivity index (χ4n) is 5.43. The number of rotatable bonds is 10. The van der Waals surface area contributed by atoms with Crippen LogP contribution in [0.3, 0.4) is 0 Å². The van der Waals surface area contributed by atoms with E-state index in [9.17, 15) is 27.9 Å². The highest BCUT2D eigenvalue weighted by Crippen LogP contribution is 2.43. The molecule has 2 heterocycles. The third-order valence-electron chi connectivity index (χ3n) is 8.11. The molecule has 2 fully saturated rings. The Hall–Kier alpha value is -3.34. The van der Waals surface area contributed by atoms with Crippen molar-refractivity contribution >= 4 is 17.6 Å². The number of anilines is 1. The Morgan fingerprint density at radius 1 is 1.07 bits per heavy atom. The first kappa shape index (κ1) is 30.6. The highest BCUT2D eigenvalue weighted by atomic mass is 19.4. The van der Waals surface area contributed by atoms with Crippen molar-refractivity contribution in [1.29, 1.82) is 0 Å². The quantitative estimate of drug-likeness (QED) is 0.446. The summed E-state index contributed by atoms with van der Waals surface area (Å²) in [5, 5.41) is 10.7. The zero-order chi connectivity index (χ0) is 29.9. The van der Waals surface area contributed by atoms with Gasteiger partial charge in [-0.2, -0.15) is 13.2 Å². The molecule has 2 aromatic rings. The van der Waals surface area contributed by atoms with Crippen LogP contribution in [0.25, 0.3) is 0 Å². The van der Waals surface area contributed by atoms with Crippen molar-refractivity contribution in [2.75, 3.05) is 52.8 Å². The number of hydrogen-bond donors (Lipinski definition) is 1. The number of likely N-dealkylation sites (N-methyl/N-ethyl adjacent to an activating group) is 1. The first-order valence-corrected chi connectivity index (χ1v) is 14.0. The summed E-state index contributed by atoms with van der Waals surface area (Å²) >= 11 is 0. The minimum Gasteiger partial charge on any atom is -0.497 e. The topological polar surface area (TPSA) is 86.2 Å². The van der Waals surface area contributed by atoms with E-state index in [0.717, 1.165) is 73.7 Å². The first-order valence-electron chi connectivity index (χ1n) is 14.0. The second-order valence-electron chi connectivity index (χ2n) is 11.3. The predicted octanol–water partition coefficient (Wildman–Crippen LogP) is 4.57. The number of methoxy groups -OCH3 is 1. The van der Waals surface area contributed by atoms with Crippen LogP contribution in [0.4, 0.5) is 19.0 Å². The smallest absolute Gasteiger partial charge is 0.430 e. The molecule has 4 rings (SSSR count). The molecule has 1 saturated heterocycles. The van der Waals surface area contributed by atoms with Crippen molar-refractivity contribution in [1.82, 2.24) is 14.8 Å². The number of ether oxygens (including phenoxy) is 1. The van der Waals surface area contributed by atoms with Crippen LogP contribution in [0.15, 0.2) is 36.4 Å². The molecule has 8 nitrogen and oxygen atoms in total. The molecule has 1 unspecified atom stereocenters. The van der Waals surface area contributed by atoms with Gasteiger partial charge >= 0.3 is 6.18 Å². The third kappa shape index (κ3) is 6.60. The number of hydrogen-bond acceptors (Lipinski definition) is 6. The van der Waals surface area contributed by atoms with E-state index in [0.29, 0.717) is 23.8 Å². The first-order chi connectivity index (χ1) is 19.4. The van der Waals surface area contributed by atoms with Crippen LogP contribution >= 0.6 is 0 Å². The summed E-state index contributed by atoms with van der Waals surface area (Å²) < 4.78 is 47.1. The highest BCUT2D eigenvalue weighted by Gasteiger charge is 2.61. The third-order valence-corrected chi connectivity index (χ3v) is 8.11. The van der Waals surface area contributed by atoms with Crippen molar-refractivity contribution in [2.45, 2.75) is 56.2 Å². The molecule has 0 spiro atoms. The zero-order valence-electron chi connectivity index (χ0n) is 24.1. The molecule has 41 heavy (non-hydrogen) atoms. The number of nitrogens with zero attached hydrogens (tertiary/aromatic N) is 4. The summed E-state index contributed by atoms with van der Waals surface area (Å²) in [7, 11) is 6.07. The maximum absolute atomic E-state index is 14.0. The summed E-state index contributed by atoms with van der Waals surface area (Å²) in [4.78, 5) is 35.2. The lowest BCUT2D eigenvalue weighted by atomic mass is 9.90. The SMILES string of the molecule is COc1cccc(C(O)(C(=O)N(C)CCCC2CCN(c3ccc(C(=O)N(C)C)c(C4CC4)n3)CC2)C(F)(F)F)c1. The van der Waals surface area contributed by atoms with Crippen LogP contribution in [-0.4, -0.2) is 85.8 Å². The lowest BCUT2D eigenvalue weighted by Crippen LogP contribution is -2.55. The molecule has 1 aliphatic heterocycles. The molecule has 0 bridgehead atoms. The fraction of sp³-hybridized carbons (Fsp3) is 0.567. The van der Waals surface area contributed by atoms with E-state index >= 15 is 0 Å². The molecular weight excluding hydrogens is 537 g/mol.